The Kier molecular flexibility index (Phi) is 3.22. The third-order valence-electron chi connectivity index (χ3n) is 6.31. The molecule has 0 saturated heterocycles. The molecule has 0 spiro atoms. The van der Waals surface area contributed by atoms with Gasteiger partial charge in [-0.1, -0.05) is 19.3 Å². The summed E-state index contributed by atoms with van der Waals surface area (Å²) in [5.74, 6) is 2.39. The lowest BCUT2D eigenvalue weighted by molar-refractivity contribution is 0.0852. The number of carbonyl (C=O) groups excluding carboxylic acids is 1. The molecular weight excluding hydrogens is 302 g/mol. The van der Waals surface area contributed by atoms with Crippen molar-refractivity contribution in [2.45, 2.75) is 70.0 Å². The third kappa shape index (κ3) is 1.98. The number of imidazole rings is 1. The summed E-state index contributed by atoms with van der Waals surface area (Å²) in [4.78, 5) is 26.4. The Balaban J connectivity index is 1.51. The number of hydrogen-bond acceptors (Lipinski definition) is 4. The Morgan fingerprint density at radius 1 is 1.12 bits per heavy atom. The molecule has 1 amide bonds. The van der Waals surface area contributed by atoms with E-state index in [1.165, 1.54) is 38.5 Å². The van der Waals surface area contributed by atoms with E-state index in [1.54, 1.807) is 4.90 Å². The van der Waals surface area contributed by atoms with Gasteiger partial charge in [0.15, 0.2) is 11.5 Å². The zero-order valence-electron chi connectivity index (χ0n) is 14.3. The van der Waals surface area contributed by atoms with Crippen LogP contribution in [0, 0.1) is 5.92 Å². The maximum Gasteiger partial charge on any atom is 0.280 e. The van der Waals surface area contributed by atoms with Crippen molar-refractivity contribution in [2.75, 3.05) is 11.9 Å². The number of anilines is 1. The largest absolute Gasteiger partial charge is 0.324 e. The van der Waals surface area contributed by atoms with Crippen LogP contribution in [0.4, 0.5) is 5.82 Å². The van der Waals surface area contributed by atoms with Crippen molar-refractivity contribution in [3.63, 3.8) is 0 Å². The van der Waals surface area contributed by atoms with E-state index in [9.17, 15) is 4.79 Å². The molecule has 0 unspecified atom stereocenters. The second kappa shape index (κ2) is 5.33. The van der Waals surface area contributed by atoms with Crippen molar-refractivity contribution in [3.05, 3.63) is 12.0 Å². The predicted octanol–water partition coefficient (Wildman–Crippen LogP) is 2.65. The lowest BCUT2D eigenvalue weighted by Gasteiger charge is -2.34. The van der Waals surface area contributed by atoms with E-state index in [4.69, 9.17) is 4.99 Å². The topological polar surface area (TPSA) is 53.7 Å². The van der Waals surface area contributed by atoms with E-state index in [0.29, 0.717) is 18.0 Å². The minimum Gasteiger partial charge on any atom is -0.324 e. The molecule has 0 radical (unpaired) electrons. The van der Waals surface area contributed by atoms with Gasteiger partial charge >= 0.3 is 0 Å². The van der Waals surface area contributed by atoms with Gasteiger partial charge in [-0.25, -0.2) is 9.98 Å². The molecule has 128 valence electrons. The highest BCUT2D eigenvalue weighted by Crippen LogP contribution is 2.40. The number of carbonyl (C=O) groups is 1. The fourth-order valence-electron chi connectivity index (χ4n) is 5.03. The second-order valence-electron chi connectivity index (χ2n) is 7.80. The lowest BCUT2D eigenvalue weighted by Crippen LogP contribution is -2.51. The van der Waals surface area contributed by atoms with Crippen LogP contribution in [-0.2, 0) is 6.54 Å². The zero-order valence-corrected chi connectivity index (χ0v) is 14.3. The predicted molar refractivity (Wildman–Crippen MR) is 92.2 cm³/mol. The summed E-state index contributed by atoms with van der Waals surface area (Å²) in [6, 6.07) is 0.733. The fourth-order valence-corrected chi connectivity index (χ4v) is 5.03. The molecule has 0 N–H and O–H groups in total. The molecule has 6 heteroatoms. The first-order valence-electron chi connectivity index (χ1n) is 9.44. The van der Waals surface area contributed by atoms with Gasteiger partial charge in [0.05, 0.1) is 18.4 Å². The van der Waals surface area contributed by atoms with Crippen molar-refractivity contribution in [2.24, 2.45) is 10.9 Å². The highest BCUT2D eigenvalue weighted by atomic mass is 16.2. The van der Waals surface area contributed by atoms with Gasteiger partial charge in [-0.15, -0.1) is 0 Å². The van der Waals surface area contributed by atoms with Crippen molar-refractivity contribution in [3.8, 4) is 0 Å². The van der Waals surface area contributed by atoms with E-state index >= 15 is 0 Å². The minimum absolute atomic E-state index is 0.0493. The molecule has 2 fully saturated rings. The monoisotopic (exact) mass is 327 g/mol. The SMILES string of the molecule is CN1C(=O)c2c(ncn2CC2CCCCC2)N2C1=N[C@H]1CCC[C@H]12. The van der Waals surface area contributed by atoms with E-state index < -0.39 is 0 Å². The molecule has 24 heavy (non-hydrogen) atoms. The molecule has 2 aliphatic heterocycles. The molecule has 2 aliphatic carbocycles. The summed E-state index contributed by atoms with van der Waals surface area (Å²) >= 11 is 0. The number of amides is 1. The van der Waals surface area contributed by atoms with E-state index in [2.05, 4.69) is 14.5 Å². The number of aromatic nitrogens is 2. The van der Waals surface area contributed by atoms with Crippen LogP contribution in [0.2, 0.25) is 0 Å². The van der Waals surface area contributed by atoms with Crippen LogP contribution in [0.5, 0.6) is 0 Å². The summed E-state index contributed by atoms with van der Waals surface area (Å²) in [6.07, 6.45) is 11.9. The summed E-state index contributed by atoms with van der Waals surface area (Å²) in [6.45, 7) is 0.927. The Bertz CT molecular complexity index is 702. The molecule has 5 rings (SSSR count). The smallest absolute Gasteiger partial charge is 0.280 e. The van der Waals surface area contributed by atoms with Crippen molar-refractivity contribution >= 4 is 17.7 Å². The lowest BCUT2D eigenvalue weighted by atomic mass is 9.89. The standard InChI is InChI=1S/C18H25N5O/c1-21-17(24)15-16(23-14-9-5-8-13(14)20-18(21)23)19-11-22(15)10-12-6-3-2-4-7-12/h11-14H,2-10H2,1H3/t13-,14+/m0/s1. The minimum atomic E-state index is 0.0493. The van der Waals surface area contributed by atoms with Gasteiger partial charge in [-0.05, 0) is 38.0 Å². The number of guanidine groups is 1. The van der Waals surface area contributed by atoms with Gasteiger partial charge in [0.1, 0.15) is 0 Å². The van der Waals surface area contributed by atoms with Crippen LogP contribution in [0.3, 0.4) is 0 Å². The zero-order chi connectivity index (χ0) is 16.3. The first kappa shape index (κ1) is 14.5. The van der Waals surface area contributed by atoms with Gasteiger partial charge < -0.3 is 4.57 Å². The van der Waals surface area contributed by atoms with Crippen LogP contribution in [-0.4, -0.2) is 45.4 Å². The second-order valence-corrected chi connectivity index (χ2v) is 7.80. The molecule has 3 heterocycles. The van der Waals surface area contributed by atoms with Crippen molar-refractivity contribution < 1.29 is 4.79 Å². The van der Waals surface area contributed by atoms with Crippen LogP contribution >= 0.6 is 0 Å². The molecule has 0 bridgehead atoms. The first-order valence-corrected chi connectivity index (χ1v) is 9.44. The number of hydrogen-bond donors (Lipinski definition) is 0. The Morgan fingerprint density at radius 3 is 2.79 bits per heavy atom. The molecule has 1 aromatic heterocycles. The Hall–Kier alpha value is -1.85. The van der Waals surface area contributed by atoms with Gasteiger partial charge in [-0.3, -0.25) is 14.6 Å². The number of rotatable bonds is 2. The summed E-state index contributed by atoms with van der Waals surface area (Å²) in [5.41, 5.74) is 0.773. The summed E-state index contributed by atoms with van der Waals surface area (Å²) < 4.78 is 2.11. The summed E-state index contributed by atoms with van der Waals surface area (Å²) in [5, 5.41) is 0. The van der Waals surface area contributed by atoms with Gasteiger partial charge in [0, 0.05) is 13.6 Å². The fraction of sp³-hybridized carbons (Fsp3) is 0.722. The van der Waals surface area contributed by atoms with E-state index in [1.807, 2.05) is 13.4 Å². The molecule has 2 atom stereocenters. The highest BCUT2D eigenvalue weighted by Gasteiger charge is 2.48. The maximum atomic E-state index is 13.0. The van der Waals surface area contributed by atoms with Crippen LogP contribution in [0.1, 0.15) is 61.9 Å². The van der Waals surface area contributed by atoms with E-state index in [-0.39, 0.29) is 5.91 Å². The highest BCUT2D eigenvalue weighted by molar-refractivity contribution is 6.18. The van der Waals surface area contributed by atoms with Crippen LogP contribution < -0.4 is 4.90 Å². The summed E-state index contributed by atoms with van der Waals surface area (Å²) in [7, 11) is 1.86. The Morgan fingerprint density at radius 2 is 1.96 bits per heavy atom. The number of fused-ring (bicyclic) bond motifs is 5. The molecule has 0 aromatic carbocycles. The average Bonchev–Trinajstić information content (AvgIpc) is 3.27. The quantitative estimate of drug-likeness (QED) is 0.839. The van der Waals surface area contributed by atoms with Crippen LogP contribution in [0.15, 0.2) is 11.3 Å². The van der Waals surface area contributed by atoms with Crippen LogP contribution in [0.25, 0.3) is 0 Å². The van der Waals surface area contributed by atoms with E-state index in [0.717, 1.165) is 36.9 Å². The number of aliphatic imine (C=N–C) groups is 1. The van der Waals surface area contributed by atoms with Crippen molar-refractivity contribution in [1.29, 1.82) is 0 Å². The van der Waals surface area contributed by atoms with Gasteiger partial charge in [-0.2, -0.15) is 0 Å². The first-order chi connectivity index (χ1) is 11.7. The molecule has 1 aromatic rings. The Labute approximate surface area is 142 Å². The average molecular weight is 327 g/mol. The normalized spacial score (nSPS) is 29.5. The molecular formula is C18H25N5O. The molecule has 2 saturated carbocycles. The molecule has 4 aliphatic rings. The van der Waals surface area contributed by atoms with Gasteiger partial charge in [0.2, 0.25) is 5.96 Å². The van der Waals surface area contributed by atoms with Crippen molar-refractivity contribution in [1.82, 2.24) is 14.5 Å². The maximum absolute atomic E-state index is 13.0. The third-order valence-corrected chi connectivity index (χ3v) is 6.31. The number of nitrogens with zero attached hydrogens (tertiary/aromatic N) is 5. The van der Waals surface area contributed by atoms with Gasteiger partial charge in [0.25, 0.3) is 5.91 Å². The molecule has 6 nitrogen and oxygen atoms in total.